The van der Waals surface area contributed by atoms with Crippen molar-refractivity contribution in [3.8, 4) is 11.3 Å². The van der Waals surface area contributed by atoms with Gasteiger partial charge < -0.3 is 9.25 Å². The van der Waals surface area contributed by atoms with Crippen LogP contribution < -0.4 is 0 Å². The van der Waals surface area contributed by atoms with Crippen molar-refractivity contribution in [1.82, 2.24) is 0 Å². The first-order valence-corrected chi connectivity index (χ1v) is 8.73. The smallest absolute Gasteiger partial charge is 0.288 e. The molecule has 0 aliphatic rings. The van der Waals surface area contributed by atoms with E-state index in [4.69, 9.17) is 32.5 Å². The zero-order valence-corrected chi connectivity index (χ0v) is 16.0. The molecule has 0 fully saturated rings. The van der Waals surface area contributed by atoms with Gasteiger partial charge in [-0.1, -0.05) is 40.5 Å². The van der Waals surface area contributed by atoms with E-state index in [0.717, 1.165) is 0 Å². The third kappa shape index (κ3) is 4.89. The van der Waals surface area contributed by atoms with Crippen LogP contribution in [-0.2, 0) is 11.4 Å². The van der Waals surface area contributed by atoms with Gasteiger partial charge in [-0.2, -0.15) is 0 Å². The molecule has 0 atom stereocenters. The molecule has 0 radical (unpaired) electrons. The second-order valence-electron chi connectivity index (χ2n) is 5.68. The maximum atomic E-state index is 11.0. The van der Waals surface area contributed by atoms with Gasteiger partial charge in [0, 0.05) is 23.8 Å². The topological polar surface area (TPSA) is 121 Å². The van der Waals surface area contributed by atoms with Gasteiger partial charge in [0.25, 0.3) is 11.4 Å². The summed E-state index contributed by atoms with van der Waals surface area (Å²) in [5.74, 6) is 0.600. The Morgan fingerprint density at radius 3 is 2.55 bits per heavy atom. The highest BCUT2D eigenvalue weighted by Gasteiger charge is 2.18. The van der Waals surface area contributed by atoms with Gasteiger partial charge in [-0.25, -0.2) is 0 Å². The van der Waals surface area contributed by atoms with Crippen molar-refractivity contribution in [1.29, 1.82) is 0 Å². The summed E-state index contributed by atoms with van der Waals surface area (Å²) < 4.78 is 5.56. The average molecular weight is 436 g/mol. The monoisotopic (exact) mass is 435 g/mol. The van der Waals surface area contributed by atoms with Gasteiger partial charge in [0.1, 0.15) is 29.4 Å². The Bertz CT molecular complexity index is 1110. The van der Waals surface area contributed by atoms with E-state index in [9.17, 15) is 20.2 Å². The summed E-state index contributed by atoms with van der Waals surface area (Å²) >= 11 is 11.9. The molecule has 148 valence electrons. The lowest BCUT2D eigenvalue weighted by atomic mass is 10.1. The highest BCUT2D eigenvalue weighted by Crippen LogP contribution is 2.37. The molecule has 3 aromatic rings. The molecule has 0 aliphatic heterocycles. The van der Waals surface area contributed by atoms with Crippen molar-refractivity contribution in [2.45, 2.75) is 6.61 Å². The van der Waals surface area contributed by atoms with Crippen LogP contribution in [0, 0.1) is 20.2 Å². The first-order chi connectivity index (χ1) is 13.8. The fraction of sp³-hybridized carbons (Fsp3) is 0.0556. The Balaban J connectivity index is 1.69. The summed E-state index contributed by atoms with van der Waals surface area (Å²) in [6, 6.07) is 11.6. The van der Waals surface area contributed by atoms with Crippen LogP contribution in [0.25, 0.3) is 11.3 Å². The van der Waals surface area contributed by atoms with E-state index in [-0.39, 0.29) is 33.8 Å². The number of oxime groups is 1. The molecular formula is C18H11Cl2N3O6. The molecule has 3 rings (SSSR count). The summed E-state index contributed by atoms with van der Waals surface area (Å²) in [5, 5.41) is 25.7. The molecule has 9 nitrogen and oxygen atoms in total. The summed E-state index contributed by atoms with van der Waals surface area (Å²) in [5.41, 5.74) is 0.550. The number of nitro groups is 2. The number of hydrogen-bond acceptors (Lipinski definition) is 7. The van der Waals surface area contributed by atoms with E-state index in [1.807, 2.05) is 0 Å². The van der Waals surface area contributed by atoms with Crippen LogP contribution in [0.1, 0.15) is 11.3 Å². The van der Waals surface area contributed by atoms with Crippen LogP contribution in [0.2, 0.25) is 10.0 Å². The maximum Gasteiger partial charge on any atom is 0.288 e. The number of non-ortho nitro benzene ring substituents is 1. The van der Waals surface area contributed by atoms with Crippen LogP contribution in [0.15, 0.2) is 58.1 Å². The molecule has 1 heterocycles. The number of benzene rings is 2. The number of nitrogens with zero attached hydrogens (tertiary/aromatic N) is 3. The Morgan fingerprint density at radius 2 is 1.83 bits per heavy atom. The zero-order chi connectivity index (χ0) is 21.0. The molecule has 0 N–H and O–H groups in total. The number of nitro benzene ring substituents is 2. The predicted molar refractivity (Wildman–Crippen MR) is 106 cm³/mol. The summed E-state index contributed by atoms with van der Waals surface area (Å²) in [7, 11) is 0. The SMILES string of the molecule is O=[N+]([O-])c1cccc(CO/N=C\c2ccc(-c3cc([N+](=O)[O-])c(Cl)cc3Cl)o2)c1. The van der Waals surface area contributed by atoms with Crippen molar-refractivity contribution in [2.24, 2.45) is 5.16 Å². The molecule has 29 heavy (non-hydrogen) atoms. The van der Waals surface area contributed by atoms with Crippen molar-refractivity contribution >= 4 is 40.8 Å². The van der Waals surface area contributed by atoms with Gasteiger partial charge >= 0.3 is 0 Å². The molecule has 0 spiro atoms. The minimum absolute atomic E-state index is 0.0287. The number of halogens is 2. The van der Waals surface area contributed by atoms with Crippen LogP contribution in [0.5, 0.6) is 0 Å². The molecule has 0 saturated heterocycles. The van der Waals surface area contributed by atoms with Crippen LogP contribution in [0.4, 0.5) is 11.4 Å². The number of rotatable bonds is 7. The highest BCUT2D eigenvalue weighted by atomic mass is 35.5. The molecule has 0 unspecified atom stereocenters. The largest absolute Gasteiger partial charge is 0.455 e. The normalized spacial score (nSPS) is 11.0. The standard InChI is InChI=1S/C18H11Cl2N3O6/c19-15-8-16(20)17(23(26)27)7-14(15)18-5-4-13(29-18)9-21-28-10-11-2-1-3-12(6-11)22(24)25/h1-9H,10H2/b21-9-. The molecule has 0 amide bonds. The van der Waals surface area contributed by atoms with Crippen molar-refractivity contribution in [3.05, 3.63) is 90.1 Å². The van der Waals surface area contributed by atoms with Gasteiger partial charge in [0.05, 0.1) is 14.9 Å². The van der Waals surface area contributed by atoms with E-state index in [1.54, 1.807) is 24.3 Å². The molecule has 0 bridgehead atoms. The van der Waals surface area contributed by atoms with E-state index in [0.29, 0.717) is 16.9 Å². The zero-order valence-electron chi connectivity index (χ0n) is 14.5. The van der Waals surface area contributed by atoms with Crippen LogP contribution in [-0.4, -0.2) is 16.1 Å². The molecule has 2 aromatic carbocycles. The Hall–Kier alpha value is -3.43. The van der Waals surface area contributed by atoms with Gasteiger partial charge in [-0.05, 0) is 23.8 Å². The molecular weight excluding hydrogens is 425 g/mol. The van der Waals surface area contributed by atoms with Crippen molar-refractivity contribution < 1.29 is 19.1 Å². The second kappa shape index (κ2) is 8.72. The van der Waals surface area contributed by atoms with Gasteiger partial charge in [-0.15, -0.1) is 0 Å². The maximum absolute atomic E-state index is 11.0. The quantitative estimate of drug-likeness (QED) is 0.269. The third-order valence-corrected chi connectivity index (χ3v) is 4.35. The van der Waals surface area contributed by atoms with E-state index < -0.39 is 9.85 Å². The number of furan rings is 1. The predicted octanol–water partition coefficient (Wildman–Crippen LogP) is 5.62. The lowest BCUT2D eigenvalue weighted by Gasteiger charge is -2.02. The van der Waals surface area contributed by atoms with Crippen molar-refractivity contribution in [2.75, 3.05) is 0 Å². The van der Waals surface area contributed by atoms with Gasteiger partial charge in [0.2, 0.25) is 0 Å². The van der Waals surface area contributed by atoms with Crippen molar-refractivity contribution in [3.63, 3.8) is 0 Å². The molecule has 1 aromatic heterocycles. The highest BCUT2D eigenvalue weighted by molar-refractivity contribution is 6.37. The third-order valence-electron chi connectivity index (χ3n) is 3.73. The fourth-order valence-corrected chi connectivity index (χ4v) is 2.94. The Morgan fingerprint density at radius 1 is 1.03 bits per heavy atom. The first kappa shape index (κ1) is 20.3. The first-order valence-electron chi connectivity index (χ1n) is 7.97. The van der Waals surface area contributed by atoms with Crippen LogP contribution in [0.3, 0.4) is 0 Å². The Labute approximate surface area is 173 Å². The molecule has 0 saturated carbocycles. The van der Waals surface area contributed by atoms with E-state index in [2.05, 4.69) is 5.16 Å². The number of hydrogen-bond donors (Lipinski definition) is 0. The summed E-state index contributed by atoms with van der Waals surface area (Å²) in [6.07, 6.45) is 1.29. The minimum atomic E-state index is -0.616. The lowest BCUT2D eigenvalue weighted by molar-refractivity contribution is -0.385. The van der Waals surface area contributed by atoms with E-state index >= 15 is 0 Å². The van der Waals surface area contributed by atoms with Gasteiger partial charge in [0.15, 0.2) is 0 Å². The molecule has 11 heteroatoms. The summed E-state index contributed by atoms with van der Waals surface area (Å²) in [6.45, 7) is 0.0287. The van der Waals surface area contributed by atoms with Crippen LogP contribution >= 0.6 is 23.2 Å². The lowest BCUT2D eigenvalue weighted by Crippen LogP contribution is -1.92. The van der Waals surface area contributed by atoms with Gasteiger partial charge in [-0.3, -0.25) is 20.2 Å². The minimum Gasteiger partial charge on any atom is -0.455 e. The average Bonchev–Trinajstić information content (AvgIpc) is 3.14. The molecule has 0 aliphatic carbocycles. The Kier molecular flexibility index (Phi) is 6.10. The second-order valence-corrected chi connectivity index (χ2v) is 6.49. The summed E-state index contributed by atoms with van der Waals surface area (Å²) in [4.78, 5) is 25.8. The van der Waals surface area contributed by atoms with E-state index in [1.165, 1.54) is 30.5 Å². The fourth-order valence-electron chi connectivity index (χ4n) is 2.39.